The molecule has 0 unspecified atom stereocenters. The Morgan fingerprint density at radius 2 is 1.80 bits per heavy atom. The maximum Gasteiger partial charge on any atom is 0.203 e. The van der Waals surface area contributed by atoms with Crippen LogP contribution in [0.5, 0.6) is 0 Å². The summed E-state index contributed by atoms with van der Waals surface area (Å²) in [4.78, 5) is 7.21. The van der Waals surface area contributed by atoms with Gasteiger partial charge < -0.3 is 4.90 Å². The molecule has 0 radical (unpaired) electrons. The number of benzene rings is 1. The third-order valence-electron chi connectivity index (χ3n) is 3.84. The third kappa shape index (κ3) is 5.61. The van der Waals surface area contributed by atoms with Gasteiger partial charge in [-0.3, -0.25) is 0 Å². The van der Waals surface area contributed by atoms with Gasteiger partial charge >= 0.3 is 0 Å². The predicted octanol–water partition coefficient (Wildman–Crippen LogP) is 4.73. The van der Waals surface area contributed by atoms with Crippen molar-refractivity contribution in [2.45, 2.75) is 25.2 Å². The molecule has 1 aliphatic rings. The molecule has 0 heterocycles. The number of anilines is 1. The quantitative estimate of drug-likeness (QED) is 0.697. The van der Waals surface area contributed by atoms with Gasteiger partial charge in [-0.15, -0.1) is 0 Å². The smallest absolute Gasteiger partial charge is 0.203 e. The summed E-state index contributed by atoms with van der Waals surface area (Å²) in [5.74, 6) is 0. The first-order valence-electron chi connectivity index (χ1n) is 8.05. The van der Waals surface area contributed by atoms with E-state index in [1.165, 1.54) is 17.4 Å². The molecule has 1 aromatic carbocycles. The average molecular weight is 377 g/mol. The second-order valence-corrected chi connectivity index (χ2v) is 10.5. The zero-order valence-corrected chi connectivity index (χ0v) is 16.9. The van der Waals surface area contributed by atoms with Crippen LogP contribution in [-0.4, -0.2) is 34.5 Å². The summed E-state index contributed by atoms with van der Waals surface area (Å²) in [5.41, 5.74) is 4.93. The van der Waals surface area contributed by atoms with Gasteiger partial charge in [0.05, 0.1) is 16.3 Å². The van der Waals surface area contributed by atoms with Crippen LogP contribution < -0.4 is 4.90 Å². The molecule has 0 N–H and O–H groups in total. The molecule has 1 aromatic rings. The SMILES string of the molecule is CCC(C)=C1C=CC(=Nc2ccc(N(C)C)cc2SS(C)(=O)=O)C=C1. The summed E-state index contributed by atoms with van der Waals surface area (Å²) in [6, 6.07) is 5.66. The minimum absolute atomic E-state index is 0.633. The normalized spacial score (nSPS) is 14.0. The van der Waals surface area contributed by atoms with E-state index in [2.05, 4.69) is 31.0 Å². The van der Waals surface area contributed by atoms with E-state index in [1.807, 2.05) is 49.3 Å². The van der Waals surface area contributed by atoms with Crippen molar-refractivity contribution in [2.24, 2.45) is 4.99 Å². The Balaban J connectivity index is 2.41. The monoisotopic (exact) mass is 376 g/mol. The van der Waals surface area contributed by atoms with Crippen LogP contribution >= 0.6 is 10.8 Å². The van der Waals surface area contributed by atoms with Crippen molar-refractivity contribution in [3.05, 3.63) is 53.6 Å². The topological polar surface area (TPSA) is 49.7 Å². The van der Waals surface area contributed by atoms with Crippen molar-refractivity contribution >= 4 is 36.7 Å². The minimum atomic E-state index is -3.22. The molecular formula is C19H24N2O2S2. The van der Waals surface area contributed by atoms with Gasteiger partial charge in [-0.05, 0) is 49.3 Å². The molecule has 4 nitrogen and oxygen atoms in total. The molecular weight excluding hydrogens is 352 g/mol. The van der Waals surface area contributed by atoms with E-state index >= 15 is 0 Å². The lowest BCUT2D eigenvalue weighted by atomic mass is 10.0. The highest BCUT2D eigenvalue weighted by atomic mass is 33.1. The molecule has 25 heavy (non-hydrogen) atoms. The molecule has 0 aromatic heterocycles. The molecule has 0 spiro atoms. The second kappa shape index (κ2) is 8.06. The van der Waals surface area contributed by atoms with Crippen molar-refractivity contribution in [3.8, 4) is 0 Å². The molecule has 1 aliphatic carbocycles. The van der Waals surface area contributed by atoms with E-state index in [-0.39, 0.29) is 0 Å². The fourth-order valence-corrected chi connectivity index (χ4v) is 4.34. The van der Waals surface area contributed by atoms with Gasteiger partial charge in [0, 0.05) is 36.8 Å². The Hall–Kier alpha value is -1.79. The Labute approximate surface area is 154 Å². The zero-order valence-electron chi connectivity index (χ0n) is 15.3. The van der Waals surface area contributed by atoms with Crippen molar-refractivity contribution in [2.75, 3.05) is 25.3 Å². The van der Waals surface area contributed by atoms with Crippen LogP contribution in [0.2, 0.25) is 0 Å². The van der Waals surface area contributed by atoms with Gasteiger partial charge in [0.1, 0.15) is 0 Å². The van der Waals surface area contributed by atoms with Crippen LogP contribution in [0.25, 0.3) is 0 Å². The summed E-state index contributed by atoms with van der Waals surface area (Å²) in [6.07, 6.45) is 10.2. The van der Waals surface area contributed by atoms with Crippen LogP contribution in [-0.2, 0) is 8.87 Å². The minimum Gasteiger partial charge on any atom is -0.378 e. The molecule has 0 aliphatic heterocycles. The highest BCUT2D eigenvalue weighted by Gasteiger charge is 2.13. The molecule has 6 heteroatoms. The molecule has 134 valence electrons. The zero-order chi connectivity index (χ0) is 18.6. The Bertz CT molecular complexity index is 859. The molecule has 0 fully saturated rings. The van der Waals surface area contributed by atoms with Crippen molar-refractivity contribution in [3.63, 3.8) is 0 Å². The Morgan fingerprint density at radius 3 is 2.32 bits per heavy atom. The molecule has 0 saturated carbocycles. The van der Waals surface area contributed by atoms with Gasteiger partial charge in [0.25, 0.3) is 0 Å². The van der Waals surface area contributed by atoms with Gasteiger partial charge in [-0.2, -0.15) is 0 Å². The molecule has 0 saturated heterocycles. The van der Waals surface area contributed by atoms with E-state index < -0.39 is 8.87 Å². The highest BCUT2D eigenvalue weighted by Crippen LogP contribution is 2.36. The van der Waals surface area contributed by atoms with E-state index in [4.69, 9.17) is 0 Å². The Kier molecular flexibility index (Phi) is 6.30. The molecule has 0 bridgehead atoms. The number of rotatable bonds is 5. The van der Waals surface area contributed by atoms with Crippen LogP contribution in [0.1, 0.15) is 20.3 Å². The summed E-state index contributed by atoms with van der Waals surface area (Å²) in [7, 11) is 1.46. The average Bonchev–Trinajstić information content (AvgIpc) is 2.55. The Morgan fingerprint density at radius 1 is 1.16 bits per heavy atom. The second-order valence-electron chi connectivity index (χ2n) is 6.13. The van der Waals surface area contributed by atoms with Gasteiger partial charge in [0.15, 0.2) is 0 Å². The largest absolute Gasteiger partial charge is 0.378 e. The van der Waals surface area contributed by atoms with Gasteiger partial charge in [0.2, 0.25) is 8.87 Å². The van der Waals surface area contributed by atoms with Crippen LogP contribution in [0.15, 0.2) is 63.5 Å². The van der Waals surface area contributed by atoms with Crippen molar-refractivity contribution < 1.29 is 8.42 Å². The molecule has 2 rings (SSSR count). The fourth-order valence-electron chi connectivity index (χ4n) is 2.27. The van der Waals surface area contributed by atoms with Gasteiger partial charge in [-0.1, -0.05) is 24.6 Å². The van der Waals surface area contributed by atoms with Gasteiger partial charge in [-0.25, -0.2) is 13.4 Å². The first kappa shape index (κ1) is 19.5. The van der Waals surface area contributed by atoms with Crippen molar-refractivity contribution in [1.29, 1.82) is 0 Å². The number of nitrogens with zero attached hydrogens (tertiary/aromatic N) is 2. The lowest BCUT2D eigenvalue weighted by Gasteiger charge is -2.15. The molecule has 0 amide bonds. The summed E-state index contributed by atoms with van der Waals surface area (Å²) >= 11 is 0. The molecule has 0 atom stereocenters. The highest BCUT2D eigenvalue weighted by molar-refractivity contribution is 8.71. The number of aliphatic imine (C=N–C) groups is 1. The van der Waals surface area contributed by atoms with Crippen molar-refractivity contribution in [1.82, 2.24) is 0 Å². The number of allylic oxidation sites excluding steroid dienone is 6. The van der Waals surface area contributed by atoms with E-state index in [0.717, 1.165) is 28.6 Å². The summed E-state index contributed by atoms with van der Waals surface area (Å²) < 4.78 is 23.5. The standard InChI is InChI=1S/C19H24N2O2S2/c1-6-14(2)15-7-9-16(10-8-15)20-18-12-11-17(21(3)4)13-19(18)24-25(5,22)23/h7-13H,6H2,1-5H3. The summed E-state index contributed by atoms with van der Waals surface area (Å²) in [5, 5.41) is 0. The maximum atomic E-state index is 11.7. The van der Waals surface area contributed by atoms with E-state index in [0.29, 0.717) is 10.6 Å². The lowest BCUT2D eigenvalue weighted by Crippen LogP contribution is -2.08. The fraction of sp³-hybridized carbons (Fsp3) is 0.316. The maximum absolute atomic E-state index is 11.7. The van der Waals surface area contributed by atoms with E-state index in [1.54, 1.807) is 0 Å². The van der Waals surface area contributed by atoms with Crippen LogP contribution in [0, 0.1) is 0 Å². The number of hydrogen-bond acceptors (Lipinski definition) is 5. The number of hydrogen-bond donors (Lipinski definition) is 0. The van der Waals surface area contributed by atoms with E-state index in [9.17, 15) is 8.42 Å². The first-order valence-corrected chi connectivity index (χ1v) is 11.3. The van der Waals surface area contributed by atoms with Crippen LogP contribution in [0.3, 0.4) is 0 Å². The third-order valence-corrected chi connectivity index (χ3v) is 6.10. The first-order chi connectivity index (χ1) is 11.7. The predicted molar refractivity (Wildman–Crippen MR) is 110 cm³/mol. The summed E-state index contributed by atoms with van der Waals surface area (Å²) in [6.45, 7) is 4.25. The lowest BCUT2D eigenvalue weighted by molar-refractivity contribution is 0.615. The van der Waals surface area contributed by atoms with Crippen LogP contribution in [0.4, 0.5) is 11.4 Å².